The fraction of sp³-hybridized carbons (Fsp3) is 0.312. The third-order valence-electron chi connectivity index (χ3n) is 3.39. The van der Waals surface area contributed by atoms with E-state index in [-0.39, 0.29) is 11.8 Å². The predicted molar refractivity (Wildman–Crippen MR) is 88.0 cm³/mol. The molecule has 0 saturated heterocycles. The van der Waals surface area contributed by atoms with Gasteiger partial charge in [-0.1, -0.05) is 42.4 Å². The zero-order chi connectivity index (χ0) is 15.1. The number of oxime groups is 1. The van der Waals surface area contributed by atoms with E-state index in [9.17, 15) is 0 Å². The van der Waals surface area contributed by atoms with Crippen LogP contribution in [0.5, 0.6) is 0 Å². The molecule has 4 N–H and O–H groups in total. The van der Waals surface area contributed by atoms with Crippen molar-refractivity contribution in [2.45, 2.75) is 25.8 Å². The predicted octanol–water partition coefficient (Wildman–Crippen LogP) is 2.93. The highest BCUT2D eigenvalue weighted by atomic mass is 32.1. The van der Waals surface area contributed by atoms with Crippen molar-refractivity contribution in [1.82, 2.24) is 5.32 Å². The van der Waals surface area contributed by atoms with Gasteiger partial charge in [0.25, 0.3) is 0 Å². The highest BCUT2D eigenvalue weighted by Crippen LogP contribution is 2.18. The molecule has 1 aromatic carbocycles. The third-order valence-corrected chi connectivity index (χ3v) is 4.62. The summed E-state index contributed by atoms with van der Waals surface area (Å²) in [5.74, 6) is 0.107. The lowest BCUT2D eigenvalue weighted by Crippen LogP contribution is -2.31. The van der Waals surface area contributed by atoms with E-state index in [1.807, 2.05) is 41.7 Å². The van der Waals surface area contributed by atoms with Crippen LogP contribution in [0.3, 0.4) is 0 Å². The van der Waals surface area contributed by atoms with Crippen LogP contribution in [0.4, 0.5) is 0 Å². The molecule has 4 nitrogen and oxygen atoms in total. The Balaban J connectivity index is 1.97. The van der Waals surface area contributed by atoms with Crippen molar-refractivity contribution in [2.24, 2.45) is 10.9 Å². The van der Waals surface area contributed by atoms with Gasteiger partial charge in [-0.05, 0) is 24.1 Å². The second-order valence-corrected chi connectivity index (χ2v) is 6.09. The van der Waals surface area contributed by atoms with Gasteiger partial charge in [-0.25, -0.2) is 0 Å². The largest absolute Gasteiger partial charge is 0.409 e. The number of thiophene rings is 1. The number of nitrogens with two attached hydrogens (primary N) is 1. The zero-order valence-electron chi connectivity index (χ0n) is 12.1. The monoisotopic (exact) mass is 303 g/mol. The molecule has 1 atom stereocenters. The maximum Gasteiger partial charge on any atom is 0.147 e. The van der Waals surface area contributed by atoms with Crippen molar-refractivity contribution in [3.8, 4) is 0 Å². The molecular weight excluding hydrogens is 282 g/mol. The normalized spacial score (nSPS) is 13.3. The van der Waals surface area contributed by atoms with Crippen LogP contribution in [0.2, 0.25) is 0 Å². The van der Waals surface area contributed by atoms with Crippen molar-refractivity contribution >= 4 is 17.2 Å². The molecule has 0 fully saturated rings. The molecule has 0 saturated carbocycles. The van der Waals surface area contributed by atoms with E-state index in [1.54, 1.807) is 0 Å². The van der Waals surface area contributed by atoms with Gasteiger partial charge in [0.05, 0.1) is 5.92 Å². The fourth-order valence-electron chi connectivity index (χ4n) is 2.20. The van der Waals surface area contributed by atoms with Crippen molar-refractivity contribution in [3.63, 3.8) is 0 Å². The number of benzene rings is 1. The Morgan fingerprint density at radius 2 is 1.95 bits per heavy atom. The molecular formula is C16H21N3OS. The molecule has 21 heavy (non-hydrogen) atoms. The second kappa shape index (κ2) is 7.81. The minimum atomic E-state index is -0.123. The molecule has 0 aliphatic heterocycles. The Kier molecular flexibility index (Phi) is 5.78. The number of nitrogens with zero attached hydrogens (tertiary/aromatic N) is 1. The summed E-state index contributed by atoms with van der Waals surface area (Å²) in [4.78, 5) is 2.70. The molecule has 2 rings (SSSR count). The first kappa shape index (κ1) is 15.5. The number of rotatable bonds is 7. The smallest absolute Gasteiger partial charge is 0.147 e. The Morgan fingerprint density at radius 1 is 1.24 bits per heavy atom. The van der Waals surface area contributed by atoms with E-state index in [2.05, 4.69) is 29.5 Å². The van der Waals surface area contributed by atoms with Crippen LogP contribution >= 0.6 is 11.3 Å². The molecule has 0 aliphatic carbocycles. The maximum atomic E-state index is 8.96. The maximum absolute atomic E-state index is 8.96. The Hall–Kier alpha value is -1.85. The number of aryl methyl sites for hydroxylation is 1. The molecule has 0 spiro atoms. The van der Waals surface area contributed by atoms with Gasteiger partial charge in [0, 0.05) is 22.8 Å². The second-order valence-electron chi connectivity index (χ2n) is 4.84. The van der Waals surface area contributed by atoms with Gasteiger partial charge in [0.15, 0.2) is 0 Å². The van der Waals surface area contributed by atoms with Crippen LogP contribution in [0.25, 0.3) is 0 Å². The minimum Gasteiger partial charge on any atom is -0.409 e. The Bertz CT molecular complexity index is 580. The standard InChI is InChI=1S/C16H21N3OS/c1-2-13-8-9-14(21-13)10-18-11-15(16(17)19-20)12-6-4-3-5-7-12/h3-9,15,18,20H,2,10-11H2,1H3,(H2,17,19). The van der Waals surface area contributed by atoms with Crippen molar-refractivity contribution in [3.05, 3.63) is 57.8 Å². The van der Waals surface area contributed by atoms with Crippen molar-refractivity contribution in [2.75, 3.05) is 6.54 Å². The van der Waals surface area contributed by atoms with Gasteiger partial charge in [-0.15, -0.1) is 11.3 Å². The molecule has 1 unspecified atom stereocenters. The van der Waals surface area contributed by atoms with Gasteiger partial charge >= 0.3 is 0 Å². The minimum absolute atomic E-state index is 0.123. The number of hydrogen-bond acceptors (Lipinski definition) is 4. The zero-order valence-corrected chi connectivity index (χ0v) is 12.9. The quantitative estimate of drug-likeness (QED) is 0.319. The summed E-state index contributed by atoms with van der Waals surface area (Å²) >= 11 is 1.82. The van der Waals surface area contributed by atoms with Crippen LogP contribution in [0, 0.1) is 0 Å². The molecule has 0 amide bonds. The summed E-state index contributed by atoms with van der Waals surface area (Å²) in [5, 5.41) is 15.5. The SMILES string of the molecule is CCc1ccc(CNCC(/C(N)=N/O)c2ccccc2)s1. The van der Waals surface area contributed by atoms with Crippen LogP contribution < -0.4 is 11.1 Å². The molecule has 1 aromatic heterocycles. The number of nitrogens with one attached hydrogen (secondary N) is 1. The average molecular weight is 303 g/mol. The lowest BCUT2D eigenvalue weighted by atomic mass is 9.98. The summed E-state index contributed by atoms with van der Waals surface area (Å²) in [6.45, 7) is 3.60. The first-order chi connectivity index (χ1) is 10.2. The van der Waals surface area contributed by atoms with Crippen molar-refractivity contribution < 1.29 is 5.21 Å². The van der Waals surface area contributed by atoms with Crippen molar-refractivity contribution in [1.29, 1.82) is 0 Å². The van der Waals surface area contributed by atoms with Gasteiger partial charge < -0.3 is 16.3 Å². The summed E-state index contributed by atoms with van der Waals surface area (Å²) in [5.41, 5.74) is 6.86. The molecule has 1 heterocycles. The Labute approximate surface area is 129 Å². The van der Waals surface area contributed by atoms with Gasteiger partial charge in [-0.2, -0.15) is 0 Å². The topological polar surface area (TPSA) is 70.6 Å². The molecule has 0 bridgehead atoms. The van der Waals surface area contributed by atoms with Crippen LogP contribution in [-0.4, -0.2) is 17.6 Å². The van der Waals surface area contributed by atoms with Gasteiger partial charge in [-0.3, -0.25) is 0 Å². The summed E-state index contributed by atoms with van der Waals surface area (Å²) in [7, 11) is 0. The highest BCUT2D eigenvalue weighted by molar-refractivity contribution is 7.11. The fourth-order valence-corrected chi connectivity index (χ4v) is 3.12. The molecule has 5 heteroatoms. The Morgan fingerprint density at radius 3 is 2.57 bits per heavy atom. The third kappa shape index (κ3) is 4.31. The van der Waals surface area contributed by atoms with Crippen LogP contribution in [-0.2, 0) is 13.0 Å². The first-order valence-electron chi connectivity index (χ1n) is 7.05. The average Bonchev–Trinajstić information content (AvgIpc) is 2.99. The van der Waals surface area contributed by atoms with E-state index in [0.29, 0.717) is 6.54 Å². The van der Waals surface area contributed by atoms with Gasteiger partial charge in [0.2, 0.25) is 0 Å². The van der Waals surface area contributed by atoms with E-state index in [4.69, 9.17) is 10.9 Å². The van der Waals surface area contributed by atoms with Gasteiger partial charge in [0.1, 0.15) is 5.84 Å². The molecule has 0 aliphatic rings. The molecule has 2 aromatic rings. The summed E-state index contributed by atoms with van der Waals surface area (Å²) in [6.07, 6.45) is 1.07. The van der Waals surface area contributed by atoms with E-state index < -0.39 is 0 Å². The number of hydrogen-bond donors (Lipinski definition) is 3. The van der Waals surface area contributed by atoms with E-state index >= 15 is 0 Å². The number of amidine groups is 1. The lowest BCUT2D eigenvalue weighted by Gasteiger charge is -2.16. The summed E-state index contributed by atoms with van der Waals surface area (Å²) in [6, 6.07) is 14.2. The van der Waals surface area contributed by atoms with Crippen LogP contribution in [0.15, 0.2) is 47.6 Å². The van der Waals surface area contributed by atoms with E-state index in [0.717, 1.165) is 18.5 Å². The molecule has 112 valence electrons. The first-order valence-corrected chi connectivity index (χ1v) is 7.87. The highest BCUT2D eigenvalue weighted by Gasteiger charge is 2.16. The molecule has 0 radical (unpaired) electrons. The van der Waals surface area contributed by atoms with E-state index in [1.165, 1.54) is 9.75 Å². The summed E-state index contributed by atoms with van der Waals surface area (Å²) < 4.78 is 0. The lowest BCUT2D eigenvalue weighted by molar-refractivity contribution is 0.315. The van der Waals surface area contributed by atoms with Crippen LogP contribution in [0.1, 0.15) is 28.2 Å².